The number of amides is 1. The lowest BCUT2D eigenvalue weighted by Gasteiger charge is -2.17. The van der Waals surface area contributed by atoms with Crippen molar-refractivity contribution in [3.63, 3.8) is 0 Å². The van der Waals surface area contributed by atoms with Gasteiger partial charge in [0, 0.05) is 5.02 Å². The first-order valence-corrected chi connectivity index (χ1v) is 8.19. The van der Waals surface area contributed by atoms with Gasteiger partial charge in [-0.1, -0.05) is 29.8 Å². The van der Waals surface area contributed by atoms with Crippen molar-refractivity contribution in [2.24, 2.45) is 0 Å². The van der Waals surface area contributed by atoms with Crippen molar-refractivity contribution in [3.05, 3.63) is 57.2 Å². The van der Waals surface area contributed by atoms with Crippen LogP contribution in [0.15, 0.2) is 41.8 Å². The third kappa shape index (κ3) is 5.16. The number of likely N-dealkylation sites (N-methyl/N-ethyl adjacent to an activating group) is 1. The van der Waals surface area contributed by atoms with Gasteiger partial charge in [-0.15, -0.1) is 11.3 Å². The minimum absolute atomic E-state index is 0.00990. The Balaban J connectivity index is 1.82. The van der Waals surface area contributed by atoms with Crippen LogP contribution in [-0.4, -0.2) is 19.5 Å². The van der Waals surface area contributed by atoms with Crippen molar-refractivity contribution in [2.45, 2.75) is 19.5 Å². The third-order valence-corrected chi connectivity index (χ3v) is 4.39. The van der Waals surface area contributed by atoms with Crippen LogP contribution in [0.25, 0.3) is 0 Å². The molecule has 2 aromatic rings. The summed E-state index contributed by atoms with van der Waals surface area (Å²) in [7, 11) is 2.03. The van der Waals surface area contributed by atoms with E-state index in [4.69, 9.17) is 11.6 Å². The maximum absolute atomic E-state index is 12.1. The van der Waals surface area contributed by atoms with E-state index in [1.54, 1.807) is 11.3 Å². The SMILES string of the molecule is C[C@H](NC(=O)C[NH+](C)Cc1cccs1)c1ccc(Cl)cc1. The molecule has 3 nitrogen and oxygen atoms in total. The standard InChI is InChI=1S/C16H19ClN2OS/c1-12(13-5-7-14(17)8-6-13)18-16(20)11-19(2)10-15-4-3-9-21-15/h3-9,12H,10-11H2,1-2H3,(H,18,20)/p+1/t12-/m0/s1. The predicted octanol–water partition coefficient (Wildman–Crippen LogP) is 2.29. The number of nitrogens with one attached hydrogen (secondary N) is 2. The van der Waals surface area contributed by atoms with E-state index in [0.29, 0.717) is 11.6 Å². The first-order valence-electron chi connectivity index (χ1n) is 6.93. The summed E-state index contributed by atoms with van der Waals surface area (Å²) in [5.74, 6) is 0.0616. The molecule has 21 heavy (non-hydrogen) atoms. The normalized spacial score (nSPS) is 13.7. The zero-order chi connectivity index (χ0) is 15.2. The lowest BCUT2D eigenvalue weighted by atomic mass is 10.1. The molecule has 2 rings (SSSR count). The monoisotopic (exact) mass is 323 g/mol. The van der Waals surface area contributed by atoms with Crippen molar-refractivity contribution < 1.29 is 9.69 Å². The van der Waals surface area contributed by atoms with Crippen LogP contribution in [0.3, 0.4) is 0 Å². The number of carbonyl (C=O) groups excluding carboxylic acids is 1. The van der Waals surface area contributed by atoms with Gasteiger partial charge in [0.05, 0.1) is 18.0 Å². The number of benzene rings is 1. The molecular weight excluding hydrogens is 304 g/mol. The van der Waals surface area contributed by atoms with Crippen molar-refractivity contribution in [3.8, 4) is 0 Å². The average Bonchev–Trinajstić information content (AvgIpc) is 2.91. The number of halogens is 1. The van der Waals surface area contributed by atoms with Crippen LogP contribution in [0.1, 0.15) is 23.4 Å². The van der Waals surface area contributed by atoms with Crippen molar-refractivity contribution in [2.75, 3.05) is 13.6 Å². The molecule has 0 spiro atoms. The first-order chi connectivity index (χ1) is 10.0. The fraction of sp³-hybridized carbons (Fsp3) is 0.312. The van der Waals surface area contributed by atoms with Crippen LogP contribution in [0.5, 0.6) is 0 Å². The molecule has 0 aliphatic rings. The summed E-state index contributed by atoms with van der Waals surface area (Å²) >= 11 is 7.59. The predicted molar refractivity (Wildman–Crippen MR) is 87.8 cm³/mol. The van der Waals surface area contributed by atoms with Gasteiger partial charge < -0.3 is 10.2 Å². The second-order valence-electron chi connectivity index (χ2n) is 5.23. The molecule has 0 saturated heterocycles. The van der Waals surface area contributed by atoms with Crippen molar-refractivity contribution in [1.82, 2.24) is 5.32 Å². The average molecular weight is 324 g/mol. The van der Waals surface area contributed by atoms with E-state index in [9.17, 15) is 4.79 Å². The maximum atomic E-state index is 12.1. The van der Waals surface area contributed by atoms with Crippen molar-refractivity contribution >= 4 is 28.8 Å². The zero-order valence-electron chi connectivity index (χ0n) is 12.2. The molecule has 2 atom stereocenters. The number of carbonyl (C=O) groups is 1. The van der Waals surface area contributed by atoms with Gasteiger partial charge in [0.1, 0.15) is 6.54 Å². The Labute approximate surface area is 134 Å². The van der Waals surface area contributed by atoms with E-state index >= 15 is 0 Å². The Kier molecular flexibility index (Phi) is 5.79. The molecule has 0 radical (unpaired) electrons. The quantitative estimate of drug-likeness (QED) is 0.840. The van der Waals surface area contributed by atoms with Gasteiger partial charge in [0.2, 0.25) is 0 Å². The van der Waals surface area contributed by atoms with Crippen LogP contribution < -0.4 is 10.2 Å². The van der Waals surface area contributed by atoms with Crippen LogP contribution in [0, 0.1) is 0 Å². The molecule has 0 saturated carbocycles. The van der Waals surface area contributed by atoms with Gasteiger partial charge in [-0.05, 0) is 36.1 Å². The zero-order valence-corrected chi connectivity index (χ0v) is 13.8. The van der Waals surface area contributed by atoms with Gasteiger partial charge in [-0.25, -0.2) is 0 Å². The lowest BCUT2D eigenvalue weighted by molar-refractivity contribution is -0.885. The lowest BCUT2D eigenvalue weighted by Crippen LogP contribution is -3.08. The van der Waals surface area contributed by atoms with E-state index in [1.165, 1.54) is 9.78 Å². The summed E-state index contributed by atoms with van der Waals surface area (Å²) in [6, 6.07) is 11.7. The van der Waals surface area contributed by atoms with Gasteiger partial charge >= 0.3 is 0 Å². The highest BCUT2D eigenvalue weighted by Gasteiger charge is 2.14. The van der Waals surface area contributed by atoms with E-state index in [2.05, 4.69) is 16.8 Å². The Morgan fingerprint density at radius 3 is 2.67 bits per heavy atom. The third-order valence-electron chi connectivity index (χ3n) is 3.27. The summed E-state index contributed by atoms with van der Waals surface area (Å²) in [6.45, 7) is 3.33. The maximum Gasteiger partial charge on any atom is 0.275 e. The fourth-order valence-corrected chi connectivity index (χ4v) is 3.12. The Hall–Kier alpha value is -1.36. The van der Waals surface area contributed by atoms with E-state index in [0.717, 1.165) is 12.1 Å². The Bertz CT molecular complexity index is 568. The number of rotatable bonds is 6. The molecule has 0 fully saturated rings. The highest BCUT2D eigenvalue weighted by atomic mass is 35.5. The molecule has 0 bridgehead atoms. The summed E-state index contributed by atoms with van der Waals surface area (Å²) in [5.41, 5.74) is 1.06. The van der Waals surface area contributed by atoms with Crippen molar-refractivity contribution in [1.29, 1.82) is 0 Å². The Morgan fingerprint density at radius 2 is 2.05 bits per heavy atom. The molecule has 1 heterocycles. The number of quaternary nitrogens is 1. The summed E-state index contributed by atoms with van der Waals surface area (Å²) in [5, 5.41) is 5.79. The molecule has 0 aliphatic heterocycles. The van der Waals surface area contributed by atoms with Crippen LogP contribution in [-0.2, 0) is 11.3 Å². The molecule has 1 amide bonds. The van der Waals surface area contributed by atoms with E-state index in [-0.39, 0.29) is 11.9 Å². The highest BCUT2D eigenvalue weighted by molar-refractivity contribution is 7.09. The van der Waals surface area contributed by atoms with E-state index < -0.39 is 0 Å². The highest BCUT2D eigenvalue weighted by Crippen LogP contribution is 2.15. The number of hydrogen-bond donors (Lipinski definition) is 2. The largest absolute Gasteiger partial charge is 0.345 e. The van der Waals surface area contributed by atoms with Gasteiger partial charge in [-0.2, -0.15) is 0 Å². The van der Waals surface area contributed by atoms with Crippen LogP contribution in [0.2, 0.25) is 5.02 Å². The number of thiophene rings is 1. The molecule has 0 aliphatic carbocycles. The minimum atomic E-state index is -0.00990. The van der Waals surface area contributed by atoms with Gasteiger partial charge in [-0.3, -0.25) is 4.79 Å². The minimum Gasteiger partial charge on any atom is -0.345 e. The molecule has 112 valence electrons. The summed E-state index contributed by atoms with van der Waals surface area (Å²) < 4.78 is 0. The fourth-order valence-electron chi connectivity index (χ4n) is 2.17. The summed E-state index contributed by atoms with van der Waals surface area (Å²) in [4.78, 5) is 14.6. The molecule has 1 aromatic carbocycles. The molecule has 2 N–H and O–H groups in total. The first kappa shape index (κ1) is 16.0. The van der Waals surface area contributed by atoms with Crippen LogP contribution >= 0.6 is 22.9 Å². The van der Waals surface area contributed by atoms with Crippen LogP contribution in [0.4, 0.5) is 0 Å². The smallest absolute Gasteiger partial charge is 0.275 e. The Morgan fingerprint density at radius 1 is 1.33 bits per heavy atom. The number of hydrogen-bond acceptors (Lipinski definition) is 2. The molecular formula is C16H20ClN2OS+. The van der Waals surface area contributed by atoms with E-state index in [1.807, 2.05) is 44.3 Å². The molecule has 5 heteroatoms. The van der Waals surface area contributed by atoms with Gasteiger partial charge in [0.15, 0.2) is 6.54 Å². The second-order valence-corrected chi connectivity index (χ2v) is 6.70. The summed E-state index contributed by atoms with van der Waals surface area (Å²) in [6.07, 6.45) is 0. The second kappa shape index (κ2) is 7.59. The molecule has 1 aromatic heterocycles. The topological polar surface area (TPSA) is 33.5 Å². The van der Waals surface area contributed by atoms with Gasteiger partial charge in [0.25, 0.3) is 5.91 Å². The molecule has 1 unspecified atom stereocenters.